The lowest BCUT2D eigenvalue weighted by molar-refractivity contribution is -0.144. The third-order valence-corrected chi connectivity index (χ3v) is 11.2. The summed E-state index contributed by atoms with van der Waals surface area (Å²) < 4.78 is 18.4. The van der Waals surface area contributed by atoms with Crippen molar-refractivity contribution >= 4 is 25.0 Å². The number of likely N-dealkylation sites (tertiary alicyclic amines) is 2. The number of furan rings is 1. The number of allylic oxidation sites excluding steroid dienone is 1. The van der Waals surface area contributed by atoms with Crippen LogP contribution in [0.2, 0.25) is 6.32 Å². The largest absolute Gasteiger partial charge is 0.489 e. The van der Waals surface area contributed by atoms with Crippen LogP contribution in [0.3, 0.4) is 0 Å². The second-order valence-electron chi connectivity index (χ2n) is 14.5. The Morgan fingerprint density at radius 3 is 2.41 bits per heavy atom. The van der Waals surface area contributed by atoms with Gasteiger partial charge in [0.25, 0.3) is 0 Å². The van der Waals surface area contributed by atoms with Crippen molar-refractivity contribution in [3.05, 3.63) is 107 Å². The number of benzene rings is 2. The lowest BCUT2D eigenvalue weighted by Gasteiger charge is -2.43. The van der Waals surface area contributed by atoms with Crippen LogP contribution in [0.15, 0.2) is 93.9 Å². The first-order chi connectivity index (χ1) is 24.9. The Morgan fingerprint density at radius 2 is 1.71 bits per heavy atom. The van der Waals surface area contributed by atoms with Crippen molar-refractivity contribution < 1.29 is 33.5 Å². The number of carbonyl (C=O) groups is 2. The molecule has 10 heteroatoms. The summed E-state index contributed by atoms with van der Waals surface area (Å²) in [5.74, 6) is 0.509. The zero-order valence-electron chi connectivity index (χ0n) is 29.5. The highest BCUT2D eigenvalue weighted by molar-refractivity contribution is 6.43. The lowest BCUT2D eigenvalue weighted by Crippen LogP contribution is -2.48. The summed E-state index contributed by atoms with van der Waals surface area (Å²) >= 11 is 0. The van der Waals surface area contributed by atoms with Gasteiger partial charge in [-0.25, -0.2) is 0 Å². The maximum atomic E-state index is 14.4. The monoisotopic (exact) mass is 692 g/mol. The first-order valence-electron chi connectivity index (χ1n) is 18.7. The first kappa shape index (κ1) is 35.4. The summed E-state index contributed by atoms with van der Waals surface area (Å²) in [6.07, 6.45) is 7.00. The molecule has 1 aromatic heterocycles. The fraction of sp³-hybridized carbons (Fsp3) is 0.463. The van der Waals surface area contributed by atoms with Crippen molar-refractivity contribution in [2.75, 3.05) is 19.7 Å². The fourth-order valence-corrected chi connectivity index (χ4v) is 8.81. The Morgan fingerprint density at radius 1 is 0.961 bits per heavy atom. The van der Waals surface area contributed by atoms with Crippen LogP contribution in [0.25, 0.3) is 6.08 Å². The maximum Gasteiger partial charge on any atom is 0.455 e. The van der Waals surface area contributed by atoms with Crippen molar-refractivity contribution in [2.24, 2.45) is 17.8 Å². The van der Waals surface area contributed by atoms with Crippen LogP contribution in [0.4, 0.5) is 0 Å². The third-order valence-electron chi connectivity index (χ3n) is 11.2. The fourth-order valence-electron chi connectivity index (χ4n) is 8.81. The molecule has 7 rings (SSSR count). The highest BCUT2D eigenvalue weighted by atomic mass is 16.5. The van der Waals surface area contributed by atoms with E-state index in [1.807, 2.05) is 48.5 Å². The van der Waals surface area contributed by atoms with Crippen LogP contribution in [0, 0.1) is 17.8 Å². The predicted octanol–water partition coefficient (Wildman–Crippen LogP) is 6.28. The molecule has 0 radical (unpaired) electrons. The van der Waals surface area contributed by atoms with Gasteiger partial charge in [0.2, 0.25) is 11.8 Å². The van der Waals surface area contributed by atoms with Crippen LogP contribution in [0.5, 0.6) is 5.75 Å². The van der Waals surface area contributed by atoms with E-state index in [0.717, 1.165) is 62.2 Å². The van der Waals surface area contributed by atoms with E-state index in [1.165, 1.54) is 11.1 Å². The molecule has 2 amide bonds. The second-order valence-corrected chi connectivity index (χ2v) is 14.5. The molecule has 4 aliphatic rings. The van der Waals surface area contributed by atoms with Crippen molar-refractivity contribution in [3.63, 3.8) is 0 Å². The van der Waals surface area contributed by atoms with Gasteiger partial charge in [-0.1, -0.05) is 67.4 Å². The summed E-state index contributed by atoms with van der Waals surface area (Å²) in [6.45, 7) is 4.80. The van der Waals surface area contributed by atoms with Crippen LogP contribution < -0.4 is 4.74 Å². The molecule has 51 heavy (non-hydrogen) atoms. The van der Waals surface area contributed by atoms with Crippen molar-refractivity contribution in [2.45, 2.75) is 83.5 Å². The molecule has 0 saturated carbocycles. The molecule has 2 aromatic carbocycles. The second kappa shape index (κ2) is 16.2. The number of hydrogen-bond donors (Lipinski definition) is 2. The number of aliphatic hydroxyl groups excluding tert-OH is 1. The van der Waals surface area contributed by atoms with E-state index in [-0.39, 0.29) is 36.7 Å². The van der Waals surface area contributed by atoms with Gasteiger partial charge in [-0.15, -0.1) is 0 Å². The molecule has 3 saturated heterocycles. The molecular formula is C41H49BN2O7. The molecule has 3 aromatic rings. The highest BCUT2D eigenvalue weighted by Gasteiger charge is 2.58. The summed E-state index contributed by atoms with van der Waals surface area (Å²) in [4.78, 5) is 32.7. The SMILES string of the molecule is CCC/C(=C\c1ccc(CO)o1)CC[C@H]1OB(O)C[C@H]2C1=C(COc1ccccc1)C[C@H]1C(=O)N(C3CCN(Cc4ccccc4)CC3)C(=O)[C@H]12. The van der Waals surface area contributed by atoms with E-state index >= 15 is 0 Å². The highest BCUT2D eigenvalue weighted by Crippen LogP contribution is 2.51. The molecule has 3 fully saturated rings. The summed E-state index contributed by atoms with van der Waals surface area (Å²) in [6, 6.07) is 23.6. The Labute approximate surface area is 301 Å². The summed E-state index contributed by atoms with van der Waals surface area (Å²) in [7, 11) is -1.03. The van der Waals surface area contributed by atoms with Gasteiger partial charge in [0.1, 0.15) is 30.5 Å². The topological polar surface area (TPSA) is 113 Å². The number of imide groups is 1. The van der Waals surface area contributed by atoms with Crippen LogP contribution in [-0.4, -0.2) is 70.7 Å². The van der Waals surface area contributed by atoms with Gasteiger partial charge in [-0.05, 0) is 97.8 Å². The van der Waals surface area contributed by atoms with Gasteiger partial charge in [0, 0.05) is 25.7 Å². The predicted molar refractivity (Wildman–Crippen MR) is 195 cm³/mol. The van der Waals surface area contributed by atoms with E-state index in [0.29, 0.717) is 37.4 Å². The average Bonchev–Trinajstić information content (AvgIpc) is 3.71. The minimum absolute atomic E-state index is 0.0748. The van der Waals surface area contributed by atoms with Crippen molar-refractivity contribution in [3.8, 4) is 5.75 Å². The van der Waals surface area contributed by atoms with Gasteiger partial charge >= 0.3 is 7.12 Å². The number of piperidine rings is 1. The van der Waals surface area contributed by atoms with Crippen molar-refractivity contribution in [1.29, 1.82) is 0 Å². The number of rotatable bonds is 13. The molecule has 0 bridgehead atoms. The molecule has 1 aliphatic carbocycles. The average molecular weight is 693 g/mol. The smallest absolute Gasteiger partial charge is 0.455 e. The van der Waals surface area contributed by atoms with E-state index < -0.39 is 25.1 Å². The molecule has 4 atom stereocenters. The number of aliphatic hydroxyl groups is 1. The standard InChI is InChI=1S/C41H49BN2O7/c1-2-9-28(22-33-15-16-34(26-45)50-33)14-17-37-38-30(27-49-32-12-7-4-8-13-32)23-35-39(36(38)24-42(48)51-37)41(47)44(40(35)46)31-18-20-43(21-19-31)25-29-10-5-3-6-11-29/h3-8,10-13,15-16,22,31,35-37,39,45,48H,2,9,14,17-21,23-27H2,1H3/b28-22+/t35-,36+,37-,39-/m1/s1. The molecule has 3 aliphatic heterocycles. The number of fused-ring (bicyclic) bond motifs is 3. The molecular weight excluding hydrogens is 643 g/mol. The number of hydrogen-bond acceptors (Lipinski definition) is 8. The minimum Gasteiger partial charge on any atom is -0.489 e. The Balaban J connectivity index is 1.12. The van der Waals surface area contributed by atoms with E-state index in [4.69, 9.17) is 13.8 Å². The normalized spacial score (nSPS) is 24.6. The van der Waals surface area contributed by atoms with Crippen LogP contribution in [-0.2, 0) is 27.4 Å². The minimum atomic E-state index is -1.03. The van der Waals surface area contributed by atoms with Gasteiger partial charge in [-0.2, -0.15) is 0 Å². The molecule has 4 heterocycles. The Hall–Kier alpha value is -3.96. The van der Waals surface area contributed by atoms with Gasteiger partial charge in [0.15, 0.2) is 0 Å². The van der Waals surface area contributed by atoms with E-state index in [1.54, 1.807) is 11.0 Å². The van der Waals surface area contributed by atoms with Crippen LogP contribution in [0.1, 0.15) is 69.0 Å². The molecule has 0 unspecified atom stereocenters. The number of carbonyl (C=O) groups excluding carboxylic acids is 2. The Kier molecular flexibility index (Phi) is 11.2. The van der Waals surface area contributed by atoms with Gasteiger partial charge in [-0.3, -0.25) is 19.4 Å². The zero-order chi connectivity index (χ0) is 35.3. The first-order valence-corrected chi connectivity index (χ1v) is 18.7. The number of para-hydroxylation sites is 1. The number of ether oxygens (including phenoxy) is 1. The zero-order valence-corrected chi connectivity index (χ0v) is 29.5. The Bertz CT molecular complexity index is 1720. The summed E-state index contributed by atoms with van der Waals surface area (Å²) in [5, 5.41) is 20.6. The summed E-state index contributed by atoms with van der Waals surface area (Å²) in [5.41, 5.74) is 4.47. The van der Waals surface area contributed by atoms with E-state index in [2.05, 4.69) is 36.1 Å². The van der Waals surface area contributed by atoms with Crippen molar-refractivity contribution in [1.82, 2.24) is 9.80 Å². The van der Waals surface area contributed by atoms with E-state index in [9.17, 15) is 19.7 Å². The molecule has 268 valence electrons. The quantitative estimate of drug-likeness (QED) is 0.122. The van der Waals surface area contributed by atoms with Crippen LogP contribution >= 0.6 is 0 Å². The number of amides is 2. The van der Waals surface area contributed by atoms with Gasteiger partial charge in [0.05, 0.1) is 17.9 Å². The third kappa shape index (κ3) is 7.94. The number of nitrogens with zero attached hydrogens (tertiary/aromatic N) is 2. The lowest BCUT2D eigenvalue weighted by atomic mass is 9.58. The maximum absolute atomic E-state index is 14.4. The van der Waals surface area contributed by atoms with Gasteiger partial charge < -0.3 is 23.9 Å². The molecule has 2 N–H and O–H groups in total. The molecule has 9 nitrogen and oxygen atoms in total. The molecule has 0 spiro atoms.